The molecule has 1 aromatic heterocycles. The first kappa shape index (κ1) is 23.3. The maximum Gasteiger partial charge on any atom is 0.416 e. The van der Waals surface area contributed by atoms with Gasteiger partial charge in [0.2, 0.25) is 0 Å². The lowest BCUT2D eigenvalue weighted by molar-refractivity contribution is -0.137. The van der Waals surface area contributed by atoms with Crippen LogP contribution in [-0.2, 0) is 11.0 Å². The largest absolute Gasteiger partial charge is 0.416 e. The molecule has 2 amide bonds. The molecule has 6 nitrogen and oxygen atoms in total. The Hall–Kier alpha value is -3.38. The van der Waals surface area contributed by atoms with Gasteiger partial charge in [-0.05, 0) is 29.8 Å². The van der Waals surface area contributed by atoms with E-state index in [2.05, 4.69) is 10.3 Å². The lowest BCUT2D eigenvalue weighted by atomic mass is 10.1. The minimum atomic E-state index is -4.63. The molecule has 3 aromatic rings. The van der Waals surface area contributed by atoms with Crippen molar-refractivity contribution in [3.05, 3.63) is 70.9 Å². The highest BCUT2D eigenvalue weighted by Crippen LogP contribution is 2.37. The second kappa shape index (κ2) is 9.01. The van der Waals surface area contributed by atoms with E-state index in [1.165, 1.54) is 20.2 Å². The van der Waals surface area contributed by atoms with Gasteiger partial charge in [-0.2, -0.15) is 13.2 Å². The summed E-state index contributed by atoms with van der Waals surface area (Å²) < 4.78 is 67.2. The second-order valence-electron chi connectivity index (χ2n) is 6.31. The number of thiazole rings is 1. The molecule has 0 radical (unpaired) electrons. The molecule has 0 atom stereocenters. The Kier molecular flexibility index (Phi) is 6.55. The predicted octanol–water partition coefficient (Wildman–Crippen LogP) is 4.99. The first-order chi connectivity index (χ1) is 15.0. The van der Waals surface area contributed by atoms with Crippen molar-refractivity contribution < 1.29 is 36.4 Å². The van der Waals surface area contributed by atoms with Crippen LogP contribution in [0.25, 0.3) is 10.4 Å². The molecule has 0 saturated carbocycles. The zero-order chi connectivity index (χ0) is 23.6. The topological polar surface area (TPSA) is 71.5 Å². The van der Waals surface area contributed by atoms with Gasteiger partial charge >= 0.3 is 6.18 Å². The minimum absolute atomic E-state index is 0.00255. The highest BCUT2D eigenvalue weighted by molar-refractivity contribution is 7.19. The van der Waals surface area contributed by atoms with Gasteiger partial charge in [0.1, 0.15) is 17.2 Å². The number of alkyl halides is 3. The van der Waals surface area contributed by atoms with Crippen molar-refractivity contribution in [2.45, 2.75) is 6.18 Å². The molecule has 1 heterocycles. The Morgan fingerprint density at radius 1 is 1.09 bits per heavy atom. The van der Waals surface area contributed by atoms with Crippen LogP contribution in [0.4, 0.5) is 27.1 Å². The predicted molar refractivity (Wildman–Crippen MR) is 106 cm³/mol. The van der Waals surface area contributed by atoms with E-state index in [0.717, 1.165) is 41.5 Å². The molecule has 2 aromatic carbocycles. The van der Waals surface area contributed by atoms with Gasteiger partial charge in [-0.15, -0.1) is 0 Å². The number of rotatable bonds is 5. The number of amides is 2. The SMILES string of the molecule is CON(C)C(=O)c1nc(NC(=O)c2c(F)cccc2F)sc1-c1cccc(C(F)(F)F)c1. The normalized spacial score (nSPS) is 11.3. The number of hydrogen-bond acceptors (Lipinski definition) is 5. The minimum Gasteiger partial charge on any atom is -0.298 e. The van der Waals surface area contributed by atoms with Crippen LogP contribution >= 0.6 is 11.3 Å². The molecular weight excluding hydrogens is 457 g/mol. The molecule has 32 heavy (non-hydrogen) atoms. The maximum absolute atomic E-state index is 13.9. The van der Waals surface area contributed by atoms with Crippen LogP contribution in [0.2, 0.25) is 0 Å². The van der Waals surface area contributed by atoms with Crippen molar-refractivity contribution in [3.63, 3.8) is 0 Å². The summed E-state index contributed by atoms with van der Waals surface area (Å²) in [6.45, 7) is 0. The number of benzene rings is 2. The third-order valence-corrected chi connectivity index (χ3v) is 5.27. The number of carbonyl (C=O) groups is 2. The maximum atomic E-state index is 13.9. The van der Waals surface area contributed by atoms with Crippen LogP contribution in [0.3, 0.4) is 0 Å². The number of nitrogens with zero attached hydrogens (tertiary/aromatic N) is 2. The summed E-state index contributed by atoms with van der Waals surface area (Å²) in [7, 11) is 2.45. The van der Waals surface area contributed by atoms with E-state index in [9.17, 15) is 31.5 Å². The molecule has 3 rings (SSSR count). The summed E-state index contributed by atoms with van der Waals surface area (Å²) in [6.07, 6.45) is -4.63. The van der Waals surface area contributed by atoms with Gasteiger partial charge in [0.25, 0.3) is 11.8 Å². The summed E-state index contributed by atoms with van der Waals surface area (Å²) in [4.78, 5) is 33.7. The first-order valence-electron chi connectivity index (χ1n) is 8.79. The fourth-order valence-electron chi connectivity index (χ4n) is 2.66. The van der Waals surface area contributed by atoms with Crippen LogP contribution in [-0.4, -0.2) is 36.0 Å². The summed E-state index contributed by atoms with van der Waals surface area (Å²) in [5, 5.41) is 2.72. The number of hydroxylamine groups is 2. The van der Waals surface area contributed by atoms with Crippen molar-refractivity contribution in [1.29, 1.82) is 0 Å². The summed E-state index contributed by atoms with van der Waals surface area (Å²) in [5.41, 5.74) is -2.14. The highest BCUT2D eigenvalue weighted by atomic mass is 32.1. The van der Waals surface area contributed by atoms with E-state index in [4.69, 9.17) is 4.84 Å². The monoisotopic (exact) mass is 471 g/mol. The van der Waals surface area contributed by atoms with Gasteiger partial charge in [0, 0.05) is 7.05 Å². The van der Waals surface area contributed by atoms with Gasteiger partial charge in [0.05, 0.1) is 17.6 Å². The highest BCUT2D eigenvalue weighted by Gasteiger charge is 2.32. The third-order valence-electron chi connectivity index (χ3n) is 4.25. The number of halogens is 5. The van der Waals surface area contributed by atoms with E-state index in [-0.39, 0.29) is 21.3 Å². The van der Waals surface area contributed by atoms with E-state index in [0.29, 0.717) is 11.3 Å². The van der Waals surface area contributed by atoms with Gasteiger partial charge < -0.3 is 0 Å². The van der Waals surface area contributed by atoms with Crippen LogP contribution in [0.15, 0.2) is 42.5 Å². The van der Waals surface area contributed by atoms with E-state index < -0.39 is 40.8 Å². The lowest BCUT2D eigenvalue weighted by Gasteiger charge is -2.13. The Labute approximate surface area is 182 Å². The van der Waals surface area contributed by atoms with Crippen LogP contribution in [0, 0.1) is 11.6 Å². The Morgan fingerprint density at radius 2 is 1.72 bits per heavy atom. The summed E-state index contributed by atoms with van der Waals surface area (Å²) >= 11 is 0.665. The van der Waals surface area contributed by atoms with E-state index >= 15 is 0 Å². The fourth-order valence-corrected chi connectivity index (χ4v) is 3.61. The fraction of sp³-hybridized carbons (Fsp3) is 0.150. The standard InChI is InChI=1S/C20H14F5N3O3S/c1-28(31-2)18(30)15-16(10-5-3-6-11(9-10)20(23,24)25)32-19(26-15)27-17(29)14-12(21)7-4-8-13(14)22/h3-9H,1-2H3,(H,26,27,29). The first-order valence-corrected chi connectivity index (χ1v) is 9.60. The number of aromatic nitrogens is 1. The molecule has 0 saturated heterocycles. The Morgan fingerprint density at radius 3 is 2.31 bits per heavy atom. The Bertz CT molecular complexity index is 1160. The van der Waals surface area contributed by atoms with Crippen molar-refractivity contribution in [1.82, 2.24) is 10.0 Å². The molecule has 0 fully saturated rings. The van der Waals surface area contributed by atoms with Gasteiger partial charge in [0.15, 0.2) is 10.8 Å². The second-order valence-corrected chi connectivity index (χ2v) is 7.31. The van der Waals surface area contributed by atoms with Crippen LogP contribution < -0.4 is 5.32 Å². The number of nitrogens with one attached hydrogen (secondary N) is 1. The molecule has 0 unspecified atom stereocenters. The smallest absolute Gasteiger partial charge is 0.298 e. The van der Waals surface area contributed by atoms with Crippen molar-refractivity contribution in [2.75, 3.05) is 19.5 Å². The molecule has 0 aliphatic carbocycles. The quantitative estimate of drug-likeness (QED) is 0.420. The third kappa shape index (κ3) is 4.75. The molecule has 0 aliphatic rings. The van der Waals surface area contributed by atoms with Crippen molar-refractivity contribution in [3.8, 4) is 10.4 Å². The molecule has 0 aliphatic heterocycles. The zero-order valence-corrected chi connectivity index (χ0v) is 17.3. The zero-order valence-electron chi connectivity index (χ0n) is 16.5. The number of hydrogen-bond donors (Lipinski definition) is 1. The molecule has 12 heteroatoms. The van der Waals surface area contributed by atoms with Gasteiger partial charge in [-0.25, -0.2) is 18.8 Å². The Balaban J connectivity index is 2.06. The summed E-state index contributed by atoms with van der Waals surface area (Å²) in [6, 6.07) is 7.00. The molecular formula is C20H14F5N3O3S. The molecule has 0 bridgehead atoms. The molecule has 0 spiro atoms. The summed E-state index contributed by atoms with van der Waals surface area (Å²) in [5.74, 6) is -4.22. The number of anilines is 1. The van der Waals surface area contributed by atoms with Gasteiger partial charge in [-0.3, -0.25) is 19.7 Å². The molecule has 168 valence electrons. The van der Waals surface area contributed by atoms with E-state index in [1.807, 2.05) is 0 Å². The average Bonchev–Trinajstić information content (AvgIpc) is 3.15. The lowest BCUT2D eigenvalue weighted by Crippen LogP contribution is -2.26. The average molecular weight is 471 g/mol. The van der Waals surface area contributed by atoms with Crippen molar-refractivity contribution >= 4 is 28.3 Å². The molecule has 1 N–H and O–H groups in total. The van der Waals surface area contributed by atoms with Crippen LogP contribution in [0.5, 0.6) is 0 Å². The van der Waals surface area contributed by atoms with Crippen LogP contribution in [0.1, 0.15) is 26.4 Å². The van der Waals surface area contributed by atoms with Gasteiger partial charge in [-0.1, -0.05) is 29.5 Å². The van der Waals surface area contributed by atoms with E-state index in [1.54, 1.807) is 0 Å². The van der Waals surface area contributed by atoms with Crippen molar-refractivity contribution in [2.24, 2.45) is 0 Å². The number of carbonyl (C=O) groups excluding carboxylic acids is 2.